The molecule has 0 aliphatic heterocycles. The predicted octanol–water partition coefficient (Wildman–Crippen LogP) is 17.9. The quantitative estimate of drug-likeness (QED) is 0.164. The molecule has 0 fully saturated rings. The van der Waals surface area contributed by atoms with E-state index >= 15 is 0 Å². The van der Waals surface area contributed by atoms with Crippen LogP contribution >= 0.6 is 0 Å². The van der Waals surface area contributed by atoms with Crippen molar-refractivity contribution >= 4 is 55.7 Å². The molecule has 0 amide bonds. The lowest BCUT2D eigenvalue weighted by molar-refractivity contribution is 0.649. The smallest absolute Gasteiger partial charge is 0.0540 e. The van der Waals surface area contributed by atoms with Gasteiger partial charge in [0.1, 0.15) is 0 Å². The zero-order valence-electron chi connectivity index (χ0n) is 39.0. The minimum Gasteiger partial charge on any atom is -0.310 e. The first kappa shape index (κ1) is 39.7. The number of para-hydroxylation sites is 2. The molecule has 67 heavy (non-hydrogen) atoms. The lowest BCUT2D eigenvalue weighted by Gasteiger charge is -2.29. The summed E-state index contributed by atoms with van der Waals surface area (Å²) in [7, 11) is 0. The zero-order valence-corrected chi connectivity index (χ0v) is 39.0. The monoisotopic (exact) mass is 860 g/mol. The third kappa shape index (κ3) is 5.69. The summed E-state index contributed by atoms with van der Waals surface area (Å²) in [5.74, 6) is 0. The van der Waals surface area contributed by atoms with Gasteiger partial charge in [0.15, 0.2) is 0 Å². The topological polar surface area (TPSA) is 6.48 Å². The number of rotatable bonds is 6. The van der Waals surface area contributed by atoms with Crippen LogP contribution in [-0.2, 0) is 16.2 Å². The Morgan fingerprint density at radius 3 is 0.955 bits per heavy atom. The average Bonchev–Trinajstić information content (AvgIpc) is 3.82. The van der Waals surface area contributed by atoms with Crippen molar-refractivity contribution in [3.8, 4) is 33.4 Å². The van der Waals surface area contributed by atoms with E-state index in [2.05, 4.69) is 258 Å². The molecule has 0 heterocycles. The Morgan fingerprint density at radius 2 is 0.567 bits per heavy atom. The number of hydrogen-bond donors (Lipinski definition) is 0. The van der Waals surface area contributed by atoms with Crippen LogP contribution in [0.1, 0.15) is 74.9 Å². The third-order valence-electron chi connectivity index (χ3n) is 15.8. The van der Waals surface area contributed by atoms with Crippen LogP contribution in [0.5, 0.6) is 0 Å². The Labute approximate surface area is 394 Å². The summed E-state index contributed by atoms with van der Waals surface area (Å²) in [4.78, 5) is 4.88. The Bertz CT molecular complexity index is 3420. The van der Waals surface area contributed by atoms with Gasteiger partial charge in [0.25, 0.3) is 0 Å². The molecular formula is C65H52N2. The Kier molecular flexibility index (Phi) is 8.38. The van der Waals surface area contributed by atoms with E-state index in [9.17, 15) is 0 Å². The van der Waals surface area contributed by atoms with Gasteiger partial charge in [-0.05, 0) is 162 Å². The van der Waals surface area contributed by atoms with Crippen molar-refractivity contribution in [1.82, 2.24) is 0 Å². The normalized spacial score (nSPS) is 15.1. The van der Waals surface area contributed by atoms with Crippen LogP contribution in [0.3, 0.4) is 0 Å². The molecule has 2 nitrogen and oxygen atoms in total. The summed E-state index contributed by atoms with van der Waals surface area (Å²) in [5.41, 5.74) is 23.0. The standard InChI is InChI=1S/C65H52N2/c1-63(2)55-35-45(66(43-23-9-7-10-24-43)61-29-17-21-41-19-13-15-27-47(41)61)31-33-49(55)51-37-59-53(39-57(51)63)54-40-58-52(38-60(54)65(59,5)6)50-34-32-46(36-56(50)64(58,3)4)67(44-25-11-8-12-26-44)62-30-18-22-42-20-14-16-28-48(42)62/h7-40H,1-6H3. The molecule has 3 aliphatic carbocycles. The Hall–Kier alpha value is -7.68. The van der Waals surface area contributed by atoms with Gasteiger partial charge >= 0.3 is 0 Å². The molecule has 0 aromatic heterocycles. The van der Waals surface area contributed by atoms with Crippen LogP contribution in [0.4, 0.5) is 34.1 Å². The summed E-state index contributed by atoms with van der Waals surface area (Å²) in [5, 5.41) is 4.95. The van der Waals surface area contributed by atoms with Gasteiger partial charge in [0.05, 0.1) is 11.4 Å². The molecule has 10 aromatic rings. The second-order valence-electron chi connectivity index (χ2n) is 20.6. The highest BCUT2D eigenvalue weighted by Gasteiger charge is 2.45. The van der Waals surface area contributed by atoms with E-state index < -0.39 is 0 Å². The van der Waals surface area contributed by atoms with Crippen molar-refractivity contribution < 1.29 is 0 Å². The van der Waals surface area contributed by atoms with Gasteiger partial charge in [0, 0.05) is 49.8 Å². The summed E-state index contributed by atoms with van der Waals surface area (Å²) in [6.45, 7) is 14.6. The molecule has 0 saturated heterocycles. The number of fused-ring (bicyclic) bond motifs is 11. The largest absolute Gasteiger partial charge is 0.310 e. The number of hydrogen-bond acceptors (Lipinski definition) is 2. The van der Waals surface area contributed by atoms with Crippen molar-refractivity contribution in [2.75, 3.05) is 9.80 Å². The third-order valence-corrected chi connectivity index (χ3v) is 15.8. The van der Waals surface area contributed by atoms with Crippen molar-refractivity contribution in [3.63, 3.8) is 0 Å². The molecule has 2 heteroatoms. The molecule has 0 radical (unpaired) electrons. The van der Waals surface area contributed by atoms with Crippen LogP contribution in [0.25, 0.3) is 54.9 Å². The highest BCUT2D eigenvalue weighted by atomic mass is 15.1. The van der Waals surface area contributed by atoms with Crippen LogP contribution in [0, 0.1) is 0 Å². The molecule has 13 rings (SSSR count). The van der Waals surface area contributed by atoms with Gasteiger partial charge < -0.3 is 9.80 Å². The van der Waals surface area contributed by atoms with Crippen molar-refractivity contribution in [3.05, 3.63) is 240 Å². The fourth-order valence-electron chi connectivity index (χ4n) is 12.3. The van der Waals surface area contributed by atoms with Crippen molar-refractivity contribution in [2.24, 2.45) is 0 Å². The first-order chi connectivity index (χ1) is 32.5. The fourth-order valence-corrected chi connectivity index (χ4v) is 12.3. The summed E-state index contributed by atoms with van der Waals surface area (Å²) < 4.78 is 0. The van der Waals surface area contributed by atoms with E-state index in [1.165, 1.54) is 111 Å². The average molecular weight is 861 g/mol. The number of anilines is 6. The highest BCUT2D eigenvalue weighted by Crippen LogP contribution is 2.60. The van der Waals surface area contributed by atoms with Gasteiger partial charge in [0.2, 0.25) is 0 Å². The van der Waals surface area contributed by atoms with Gasteiger partial charge in [-0.2, -0.15) is 0 Å². The van der Waals surface area contributed by atoms with E-state index in [1.807, 2.05) is 0 Å². The van der Waals surface area contributed by atoms with Gasteiger partial charge in [-0.15, -0.1) is 0 Å². The van der Waals surface area contributed by atoms with E-state index in [0.29, 0.717) is 0 Å². The lowest BCUT2D eigenvalue weighted by atomic mass is 9.78. The molecule has 3 aliphatic rings. The van der Waals surface area contributed by atoms with Gasteiger partial charge in [-0.1, -0.05) is 163 Å². The molecule has 322 valence electrons. The minimum atomic E-state index is -0.207. The van der Waals surface area contributed by atoms with Crippen LogP contribution < -0.4 is 9.80 Å². The highest BCUT2D eigenvalue weighted by molar-refractivity contribution is 6.01. The maximum atomic E-state index is 2.57. The summed E-state index contributed by atoms with van der Waals surface area (Å²) in [6.07, 6.45) is 0. The van der Waals surface area contributed by atoms with Crippen LogP contribution in [0.15, 0.2) is 206 Å². The second-order valence-corrected chi connectivity index (χ2v) is 20.6. The van der Waals surface area contributed by atoms with E-state index in [4.69, 9.17) is 0 Å². The Morgan fingerprint density at radius 1 is 0.254 bits per heavy atom. The van der Waals surface area contributed by atoms with Crippen LogP contribution in [-0.4, -0.2) is 0 Å². The molecule has 0 unspecified atom stereocenters. The minimum absolute atomic E-state index is 0.175. The lowest BCUT2D eigenvalue weighted by Crippen LogP contribution is -2.18. The van der Waals surface area contributed by atoms with Crippen LogP contribution in [0.2, 0.25) is 0 Å². The summed E-state index contributed by atoms with van der Waals surface area (Å²) >= 11 is 0. The number of nitrogens with zero attached hydrogens (tertiary/aromatic N) is 2. The van der Waals surface area contributed by atoms with Crippen molar-refractivity contribution in [1.29, 1.82) is 0 Å². The van der Waals surface area contributed by atoms with E-state index in [0.717, 1.165) is 11.4 Å². The molecular weight excluding hydrogens is 809 g/mol. The SMILES string of the molecule is CC1(C)c2cc(N(c3ccccc3)c3cccc4ccccc34)ccc2-c2cc3c(cc21)-c1cc2c(cc1C3(C)C)-c1ccc(N(c3ccccc3)c3cccc4ccccc34)cc1C2(C)C. The molecule has 0 atom stereocenters. The maximum Gasteiger partial charge on any atom is 0.0540 e. The zero-order chi connectivity index (χ0) is 45.4. The van der Waals surface area contributed by atoms with Gasteiger partial charge in [-0.25, -0.2) is 0 Å². The molecule has 0 spiro atoms. The second kappa shape index (κ2) is 14.2. The fraction of sp³-hybridized carbons (Fsp3) is 0.138. The Balaban J connectivity index is 0.911. The van der Waals surface area contributed by atoms with Crippen molar-refractivity contribution in [2.45, 2.75) is 57.8 Å². The van der Waals surface area contributed by atoms with Gasteiger partial charge in [-0.3, -0.25) is 0 Å². The summed E-state index contributed by atoms with van der Waals surface area (Å²) in [6, 6.07) is 77.0. The van der Waals surface area contributed by atoms with E-state index in [-0.39, 0.29) is 16.2 Å². The van der Waals surface area contributed by atoms with E-state index in [1.54, 1.807) is 0 Å². The number of benzene rings is 10. The maximum absolute atomic E-state index is 2.57. The first-order valence-corrected chi connectivity index (χ1v) is 23.8. The first-order valence-electron chi connectivity index (χ1n) is 23.8. The predicted molar refractivity (Wildman–Crippen MR) is 284 cm³/mol. The molecule has 0 N–H and O–H groups in total. The molecule has 0 saturated carbocycles. The molecule has 10 aromatic carbocycles. The molecule has 0 bridgehead atoms.